The monoisotopic (exact) mass is 256 g/mol. The molecular formula is C14H16N4O. The first-order valence-corrected chi connectivity index (χ1v) is 6.49. The largest absolute Gasteiger partial charge is 0.342 e. The maximum absolute atomic E-state index is 12.2. The minimum atomic E-state index is 0.176. The first kappa shape index (κ1) is 11.9. The van der Waals surface area contributed by atoms with Crippen LogP contribution in [0.2, 0.25) is 0 Å². The molecule has 19 heavy (non-hydrogen) atoms. The van der Waals surface area contributed by atoms with Crippen molar-refractivity contribution in [1.82, 2.24) is 20.1 Å². The molecule has 1 saturated heterocycles. The van der Waals surface area contributed by atoms with Crippen LogP contribution in [0.1, 0.15) is 23.6 Å². The molecule has 1 amide bonds. The Morgan fingerprint density at radius 1 is 1.42 bits per heavy atom. The highest BCUT2D eigenvalue weighted by atomic mass is 16.2. The zero-order valence-electron chi connectivity index (χ0n) is 10.6. The first-order valence-electron chi connectivity index (χ1n) is 6.49. The zero-order valence-corrected chi connectivity index (χ0v) is 10.6. The van der Waals surface area contributed by atoms with Crippen molar-refractivity contribution in [3.05, 3.63) is 48.0 Å². The molecule has 0 aromatic carbocycles. The summed E-state index contributed by atoms with van der Waals surface area (Å²) in [5, 5.41) is 6.96. The average Bonchev–Trinajstić information content (AvgIpc) is 3.11. The van der Waals surface area contributed by atoms with Gasteiger partial charge in [0.05, 0.1) is 6.42 Å². The van der Waals surface area contributed by atoms with Crippen molar-refractivity contribution in [3.8, 4) is 0 Å². The van der Waals surface area contributed by atoms with Gasteiger partial charge in [-0.15, -0.1) is 0 Å². The number of nitrogens with zero attached hydrogens (tertiary/aromatic N) is 3. The molecule has 1 aliphatic rings. The molecule has 0 bridgehead atoms. The number of aromatic amines is 1. The van der Waals surface area contributed by atoms with Gasteiger partial charge in [-0.05, 0) is 24.1 Å². The smallest absolute Gasteiger partial charge is 0.227 e. The van der Waals surface area contributed by atoms with Gasteiger partial charge in [-0.25, -0.2) is 0 Å². The molecule has 1 N–H and O–H groups in total. The second-order valence-corrected chi connectivity index (χ2v) is 4.88. The SMILES string of the molecule is O=C(Cc1cccnc1)N1CCC(c2ccn[nH]2)C1. The number of carbonyl (C=O) groups excluding carboxylic acids is 1. The molecule has 2 aromatic rings. The number of amides is 1. The molecule has 5 heteroatoms. The maximum Gasteiger partial charge on any atom is 0.227 e. The minimum absolute atomic E-state index is 0.176. The van der Waals surface area contributed by atoms with E-state index >= 15 is 0 Å². The van der Waals surface area contributed by atoms with Gasteiger partial charge in [-0.3, -0.25) is 14.9 Å². The number of likely N-dealkylation sites (tertiary alicyclic amines) is 1. The molecule has 98 valence electrons. The van der Waals surface area contributed by atoms with Crippen LogP contribution in [0.15, 0.2) is 36.8 Å². The lowest BCUT2D eigenvalue weighted by molar-refractivity contribution is -0.129. The standard InChI is InChI=1S/C14H16N4O/c19-14(8-11-2-1-5-15-9-11)18-7-4-12(10-18)13-3-6-16-17-13/h1-3,5-6,9,12H,4,7-8,10H2,(H,16,17). The third-order valence-electron chi connectivity index (χ3n) is 3.58. The summed E-state index contributed by atoms with van der Waals surface area (Å²) in [7, 11) is 0. The predicted molar refractivity (Wildman–Crippen MR) is 70.5 cm³/mol. The molecule has 1 aliphatic heterocycles. The molecule has 3 rings (SSSR count). The van der Waals surface area contributed by atoms with Gasteiger partial charge in [0.15, 0.2) is 0 Å². The third-order valence-corrected chi connectivity index (χ3v) is 3.58. The quantitative estimate of drug-likeness (QED) is 0.902. The highest BCUT2D eigenvalue weighted by Crippen LogP contribution is 2.25. The molecule has 1 atom stereocenters. The number of hydrogen-bond acceptors (Lipinski definition) is 3. The second kappa shape index (κ2) is 5.22. The number of carbonyl (C=O) groups is 1. The van der Waals surface area contributed by atoms with E-state index in [1.54, 1.807) is 18.6 Å². The van der Waals surface area contributed by atoms with Crippen LogP contribution in [0, 0.1) is 0 Å². The fraction of sp³-hybridized carbons (Fsp3) is 0.357. The Kier molecular flexibility index (Phi) is 3.27. The Bertz CT molecular complexity index is 538. The number of H-pyrrole nitrogens is 1. The number of rotatable bonds is 3. The summed E-state index contributed by atoms with van der Waals surface area (Å²) >= 11 is 0. The van der Waals surface area contributed by atoms with Crippen molar-refractivity contribution in [3.63, 3.8) is 0 Å². The first-order chi connectivity index (χ1) is 9.33. The third kappa shape index (κ3) is 2.65. The molecular weight excluding hydrogens is 240 g/mol. The number of nitrogens with one attached hydrogen (secondary N) is 1. The molecule has 0 aliphatic carbocycles. The topological polar surface area (TPSA) is 61.9 Å². The van der Waals surface area contributed by atoms with Crippen LogP contribution in [0.5, 0.6) is 0 Å². The van der Waals surface area contributed by atoms with Crippen molar-refractivity contribution >= 4 is 5.91 Å². The van der Waals surface area contributed by atoms with Crippen LogP contribution in [0.3, 0.4) is 0 Å². The maximum atomic E-state index is 12.2. The van der Waals surface area contributed by atoms with Crippen LogP contribution in [0.4, 0.5) is 0 Å². The predicted octanol–water partition coefficient (Wildman–Crippen LogP) is 1.36. The molecule has 3 heterocycles. The van der Waals surface area contributed by atoms with Crippen molar-refractivity contribution in [1.29, 1.82) is 0 Å². The van der Waals surface area contributed by atoms with Crippen molar-refractivity contribution < 1.29 is 4.79 Å². The Hall–Kier alpha value is -2.17. The normalized spacial score (nSPS) is 18.7. The molecule has 5 nitrogen and oxygen atoms in total. The molecule has 0 radical (unpaired) electrons. The van der Waals surface area contributed by atoms with Gasteiger partial charge in [0.2, 0.25) is 5.91 Å². The fourth-order valence-electron chi connectivity index (χ4n) is 2.52. The van der Waals surface area contributed by atoms with E-state index in [-0.39, 0.29) is 5.91 Å². The summed E-state index contributed by atoms with van der Waals surface area (Å²) in [5.41, 5.74) is 2.09. The van der Waals surface area contributed by atoms with Crippen molar-refractivity contribution in [2.45, 2.75) is 18.8 Å². The number of aromatic nitrogens is 3. The summed E-state index contributed by atoms with van der Waals surface area (Å²) in [6.45, 7) is 1.60. The van der Waals surface area contributed by atoms with Gasteiger partial charge in [0.25, 0.3) is 0 Å². The summed E-state index contributed by atoms with van der Waals surface area (Å²) in [5.74, 6) is 0.565. The van der Waals surface area contributed by atoms with Gasteiger partial charge < -0.3 is 4.90 Å². The van der Waals surface area contributed by atoms with Crippen molar-refractivity contribution in [2.75, 3.05) is 13.1 Å². The summed E-state index contributed by atoms with van der Waals surface area (Å²) in [6, 6.07) is 5.78. The van der Waals surface area contributed by atoms with Crippen molar-refractivity contribution in [2.24, 2.45) is 0 Å². The highest BCUT2D eigenvalue weighted by molar-refractivity contribution is 5.79. The van der Waals surface area contributed by atoms with E-state index in [9.17, 15) is 4.79 Å². The number of hydrogen-bond donors (Lipinski definition) is 1. The van der Waals surface area contributed by atoms with E-state index in [2.05, 4.69) is 15.2 Å². The highest BCUT2D eigenvalue weighted by Gasteiger charge is 2.27. The van der Waals surface area contributed by atoms with Crippen LogP contribution in [0.25, 0.3) is 0 Å². The zero-order chi connectivity index (χ0) is 13.1. The molecule has 0 saturated carbocycles. The summed E-state index contributed by atoms with van der Waals surface area (Å²) < 4.78 is 0. The van der Waals surface area contributed by atoms with Crippen LogP contribution in [-0.4, -0.2) is 39.1 Å². The van der Waals surface area contributed by atoms with Crippen LogP contribution < -0.4 is 0 Å². The van der Waals surface area contributed by atoms with Crippen LogP contribution >= 0.6 is 0 Å². The lowest BCUT2D eigenvalue weighted by Crippen LogP contribution is -2.29. The summed E-state index contributed by atoms with van der Waals surface area (Å²) in [6.07, 6.45) is 6.67. The second-order valence-electron chi connectivity index (χ2n) is 4.88. The number of pyridine rings is 1. The lowest BCUT2D eigenvalue weighted by atomic mass is 10.1. The van der Waals surface area contributed by atoms with E-state index in [4.69, 9.17) is 0 Å². The van der Waals surface area contributed by atoms with E-state index in [1.165, 1.54) is 0 Å². The van der Waals surface area contributed by atoms with Gasteiger partial charge >= 0.3 is 0 Å². The fourth-order valence-corrected chi connectivity index (χ4v) is 2.52. The molecule has 1 fully saturated rings. The van der Waals surface area contributed by atoms with Gasteiger partial charge in [-0.2, -0.15) is 5.10 Å². The van der Waals surface area contributed by atoms with Gasteiger partial charge in [0, 0.05) is 43.3 Å². The molecule has 1 unspecified atom stereocenters. The molecule has 2 aromatic heterocycles. The van der Waals surface area contributed by atoms with Gasteiger partial charge in [-0.1, -0.05) is 6.07 Å². The van der Waals surface area contributed by atoms with E-state index in [0.29, 0.717) is 12.3 Å². The minimum Gasteiger partial charge on any atom is -0.342 e. The average molecular weight is 256 g/mol. The lowest BCUT2D eigenvalue weighted by Gasteiger charge is -2.16. The summed E-state index contributed by atoms with van der Waals surface area (Å²) in [4.78, 5) is 18.2. The Morgan fingerprint density at radius 2 is 2.37 bits per heavy atom. The Balaban J connectivity index is 1.60. The van der Waals surface area contributed by atoms with E-state index < -0.39 is 0 Å². The Morgan fingerprint density at radius 3 is 3.11 bits per heavy atom. The molecule has 0 spiro atoms. The van der Waals surface area contributed by atoms with E-state index in [1.807, 2.05) is 23.1 Å². The Labute approximate surface area is 111 Å². The van der Waals surface area contributed by atoms with Crippen LogP contribution in [-0.2, 0) is 11.2 Å². The van der Waals surface area contributed by atoms with Gasteiger partial charge in [0.1, 0.15) is 0 Å². The van der Waals surface area contributed by atoms with E-state index in [0.717, 1.165) is 30.8 Å².